The maximum absolute atomic E-state index is 13.7. The monoisotopic (exact) mass is 377 g/mol. The van der Waals surface area contributed by atoms with Crippen LogP contribution in [-0.4, -0.2) is 59.5 Å². The molecule has 152 valence electrons. The molecule has 2 N–H and O–H groups in total. The van der Waals surface area contributed by atoms with Crippen LogP contribution in [0.5, 0.6) is 0 Å². The molecule has 27 heavy (non-hydrogen) atoms. The van der Waals surface area contributed by atoms with E-state index in [1.807, 2.05) is 32.8 Å². The zero-order valence-electron chi connectivity index (χ0n) is 17.4. The van der Waals surface area contributed by atoms with Gasteiger partial charge in [0.1, 0.15) is 11.6 Å². The van der Waals surface area contributed by atoms with E-state index in [4.69, 9.17) is 0 Å². The molecule has 4 saturated carbocycles. The molecule has 5 heteroatoms. The number of hydrogen-bond acceptors (Lipinski definition) is 5. The quantitative estimate of drug-likeness (QED) is 0.768. The fourth-order valence-corrected chi connectivity index (χ4v) is 7.95. The van der Waals surface area contributed by atoms with Crippen molar-refractivity contribution in [2.45, 2.75) is 65.1 Å². The summed E-state index contributed by atoms with van der Waals surface area (Å²) in [5.74, 6) is 0.110. The third-order valence-electron chi connectivity index (χ3n) is 9.19. The Bertz CT molecular complexity index is 673. The Kier molecular flexibility index (Phi) is 4.24. The van der Waals surface area contributed by atoms with Crippen molar-refractivity contribution in [3.63, 3.8) is 0 Å². The van der Waals surface area contributed by atoms with Crippen molar-refractivity contribution in [1.82, 2.24) is 4.90 Å². The summed E-state index contributed by atoms with van der Waals surface area (Å²) in [5, 5.41) is 22.7. The summed E-state index contributed by atoms with van der Waals surface area (Å²) >= 11 is 0. The smallest absolute Gasteiger partial charge is 0.149 e. The number of aliphatic hydroxyl groups excluding tert-OH is 2. The minimum atomic E-state index is -1.04. The molecule has 5 unspecified atom stereocenters. The first-order valence-corrected chi connectivity index (χ1v) is 10.6. The van der Waals surface area contributed by atoms with E-state index in [0.717, 1.165) is 19.3 Å². The van der Waals surface area contributed by atoms with E-state index >= 15 is 0 Å². The second-order valence-corrected chi connectivity index (χ2v) is 10.9. The Morgan fingerprint density at radius 1 is 1.07 bits per heavy atom. The highest BCUT2D eigenvalue weighted by atomic mass is 16.3. The predicted molar refractivity (Wildman–Crippen MR) is 102 cm³/mol. The minimum absolute atomic E-state index is 0.0444. The molecule has 0 amide bonds. The lowest BCUT2D eigenvalue weighted by Gasteiger charge is -2.64. The summed E-state index contributed by atoms with van der Waals surface area (Å²) in [6.07, 6.45) is 1.83. The van der Waals surface area contributed by atoms with Gasteiger partial charge < -0.3 is 15.1 Å². The van der Waals surface area contributed by atoms with Crippen molar-refractivity contribution >= 4 is 11.6 Å². The van der Waals surface area contributed by atoms with Crippen molar-refractivity contribution in [1.29, 1.82) is 0 Å². The van der Waals surface area contributed by atoms with Crippen molar-refractivity contribution in [2.75, 3.05) is 20.6 Å². The van der Waals surface area contributed by atoms with E-state index in [2.05, 4.69) is 6.92 Å². The number of fused-ring (bicyclic) bond motifs is 3. The van der Waals surface area contributed by atoms with Crippen molar-refractivity contribution in [3.05, 3.63) is 0 Å². The molecule has 1 spiro atoms. The normalized spacial score (nSPS) is 51.3. The minimum Gasteiger partial charge on any atom is -0.392 e. The lowest BCUT2D eigenvalue weighted by atomic mass is 9.39. The van der Waals surface area contributed by atoms with E-state index in [1.54, 1.807) is 0 Å². The van der Waals surface area contributed by atoms with E-state index in [9.17, 15) is 19.8 Å². The van der Waals surface area contributed by atoms with Gasteiger partial charge in [0.05, 0.1) is 17.6 Å². The molecular formula is C22H35NO4. The van der Waals surface area contributed by atoms with Crippen LogP contribution in [0.2, 0.25) is 0 Å². The van der Waals surface area contributed by atoms with Gasteiger partial charge in [-0.2, -0.15) is 0 Å². The molecule has 4 aliphatic carbocycles. The molecule has 0 aliphatic heterocycles. The first-order chi connectivity index (χ1) is 12.5. The standard InChI is InChI=1S/C22H35NO4/c1-20(2)15-10-17(25)22-14(21(15,3)9-8-16(20)24)7-6-12(18(22)26)13(19(22)27)11-23(4)5/h12-15,17-18,25-26H,6-11H2,1-5H3/t12?,13?,14?,15-,17-,18?,21+,22?/m1/s1. The van der Waals surface area contributed by atoms with Gasteiger partial charge in [0.25, 0.3) is 0 Å². The number of carbonyl (C=O) groups is 2. The zero-order valence-corrected chi connectivity index (χ0v) is 17.4. The van der Waals surface area contributed by atoms with Crippen LogP contribution < -0.4 is 0 Å². The average molecular weight is 378 g/mol. The maximum Gasteiger partial charge on any atom is 0.149 e. The Balaban J connectivity index is 1.81. The summed E-state index contributed by atoms with van der Waals surface area (Å²) in [4.78, 5) is 28.4. The van der Waals surface area contributed by atoms with Crippen LogP contribution in [0.3, 0.4) is 0 Å². The maximum atomic E-state index is 13.7. The molecule has 0 aromatic heterocycles. The van der Waals surface area contributed by atoms with Crippen LogP contribution in [-0.2, 0) is 9.59 Å². The van der Waals surface area contributed by atoms with E-state index in [1.165, 1.54) is 0 Å². The van der Waals surface area contributed by atoms with Gasteiger partial charge in [0.15, 0.2) is 0 Å². The fraction of sp³-hybridized carbons (Fsp3) is 0.909. The topological polar surface area (TPSA) is 77.8 Å². The van der Waals surface area contributed by atoms with Crippen LogP contribution in [0, 0.1) is 39.9 Å². The zero-order chi connectivity index (χ0) is 19.9. The number of rotatable bonds is 2. The van der Waals surface area contributed by atoms with Gasteiger partial charge in [0, 0.05) is 24.3 Å². The number of nitrogens with zero attached hydrogens (tertiary/aromatic N) is 1. The van der Waals surface area contributed by atoms with Crippen molar-refractivity contribution < 1.29 is 19.8 Å². The van der Waals surface area contributed by atoms with E-state index in [-0.39, 0.29) is 40.7 Å². The Morgan fingerprint density at radius 3 is 2.37 bits per heavy atom. The van der Waals surface area contributed by atoms with E-state index < -0.39 is 23.0 Å². The SMILES string of the molecule is CN(C)CC1C(=O)C23C(O)C1CCC2[C@]1(C)CCC(=O)C(C)(C)[C@H]1C[C@H]3O. The van der Waals surface area contributed by atoms with Crippen molar-refractivity contribution in [3.8, 4) is 0 Å². The average Bonchev–Trinajstić information content (AvgIpc) is 2.70. The summed E-state index contributed by atoms with van der Waals surface area (Å²) < 4.78 is 0. The summed E-state index contributed by atoms with van der Waals surface area (Å²) in [7, 11) is 3.92. The van der Waals surface area contributed by atoms with Crippen LogP contribution in [0.4, 0.5) is 0 Å². The van der Waals surface area contributed by atoms with Gasteiger partial charge >= 0.3 is 0 Å². The third-order valence-corrected chi connectivity index (χ3v) is 9.19. The second kappa shape index (κ2) is 5.87. The Labute approximate surface area is 162 Å². The first-order valence-electron chi connectivity index (χ1n) is 10.6. The summed E-state index contributed by atoms with van der Waals surface area (Å²) in [5.41, 5.74) is -1.71. The van der Waals surface area contributed by atoms with Gasteiger partial charge in [0.2, 0.25) is 0 Å². The highest BCUT2D eigenvalue weighted by Gasteiger charge is 2.75. The molecule has 8 atom stereocenters. The van der Waals surface area contributed by atoms with Crippen LogP contribution in [0.25, 0.3) is 0 Å². The molecule has 4 fully saturated rings. The molecule has 4 rings (SSSR count). The molecule has 0 aromatic carbocycles. The van der Waals surface area contributed by atoms with Gasteiger partial charge in [-0.15, -0.1) is 0 Å². The molecule has 0 aromatic rings. The molecule has 0 radical (unpaired) electrons. The van der Waals surface area contributed by atoms with Gasteiger partial charge in [-0.1, -0.05) is 20.8 Å². The lowest BCUT2D eigenvalue weighted by molar-refractivity contribution is -0.222. The van der Waals surface area contributed by atoms with Gasteiger partial charge in [-0.3, -0.25) is 9.59 Å². The third kappa shape index (κ3) is 2.22. The summed E-state index contributed by atoms with van der Waals surface area (Å²) in [6, 6.07) is 0. The number of carbonyl (C=O) groups excluding carboxylic acids is 2. The lowest BCUT2D eigenvalue weighted by Crippen LogP contribution is -2.68. The second-order valence-electron chi connectivity index (χ2n) is 10.9. The first kappa shape index (κ1) is 19.5. The highest BCUT2D eigenvalue weighted by Crippen LogP contribution is 2.70. The Hall–Kier alpha value is -0.780. The predicted octanol–water partition coefficient (Wildman–Crippen LogP) is 1.90. The molecular weight excluding hydrogens is 342 g/mol. The molecule has 4 aliphatic rings. The van der Waals surface area contributed by atoms with Crippen LogP contribution in [0.15, 0.2) is 0 Å². The highest BCUT2D eigenvalue weighted by molar-refractivity contribution is 5.93. The number of aliphatic hydroxyl groups is 2. The molecule has 5 nitrogen and oxygen atoms in total. The van der Waals surface area contributed by atoms with Crippen molar-refractivity contribution in [2.24, 2.45) is 39.9 Å². The fourth-order valence-electron chi connectivity index (χ4n) is 7.95. The van der Waals surface area contributed by atoms with Gasteiger partial charge in [-0.05, 0) is 62.9 Å². The number of hydrogen-bond donors (Lipinski definition) is 2. The number of Topliss-reactive ketones (excluding diaryl/α,β-unsaturated/α-hetero) is 2. The molecule has 0 heterocycles. The van der Waals surface area contributed by atoms with Crippen LogP contribution >= 0.6 is 0 Å². The largest absolute Gasteiger partial charge is 0.392 e. The van der Waals surface area contributed by atoms with E-state index in [0.29, 0.717) is 19.4 Å². The summed E-state index contributed by atoms with van der Waals surface area (Å²) in [6.45, 7) is 6.88. The van der Waals surface area contributed by atoms with Gasteiger partial charge in [-0.25, -0.2) is 0 Å². The molecule has 2 bridgehead atoms. The molecule has 0 saturated heterocycles. The number of ketones is 2. The Morgan fingerprint density at radius 2 is 1.74 bits per heavy atom. The van der Waals surface area contributed by atoms with Crippen LogP contribution in [0.1, 0.15) is 52.9 Å².